The second kappa shape index (κ2) is 8.26. The van der Waals surface area contributed by atoms with Crippen LogP contribution in [-0.4, -0.2) is 21.4 Å². The first-order chi connectivity index (χ1) is 12.1. The summed E-state index contributed by atoms with van der Waals surface area (Å²) in [6, 6.07) is 6.02. The Balaban J connectivity index is 1.85. The van der Waals surface area contributed by atoms with Crippen LogP contribution in [0.2, 0.25) is 5.02 Å². The van der Waals surface area contributed by atoms with Crippen LogP contribution in [0.5, 0.6) is 0 Å². The fourth-order valence-electron chi connectivity index (χ4n) is 2.39. The number of aryl methyl sites for hydroxylation is 3. The van der Waals surface area contributed by atoms with E-state index in [1.54, 1.807) is 0 Å². The first-order valence-electron chi connectivity index (χ1n) is 8.02. The number of nitrogens with one attached hydrogen (secondary N) is 2. The molecular weight excluding hydrogens is 385 g/mol. The molecule has 4 nitrogen and oxygen atoms in total. The molecule has 0 unspecified atom stereocenters. The average Bonchev–Trinajstić information content (AvgIpc) is 2.83. The highest BCUT2D eigenvalue weighted by Gasteiger charge is 2.38. The number of thiocarbonyl (C=S) groups is 1. The fraction of sp³-hybridized carbons (Fsp3) is 0.412. The van der Waals surface area contributed by atoms with E-state index in [9.17, 15) is 13.2 Å². The molecule has 2 rings (SSSR count). The summed E-state index contributed by atoms with van der Waals surface area (Å²) in [5.74, 6) is 0. The van der Waals surface area contributed by atoms with Crippen molar-refractivity contribution in [2.24, 2.45) is 0 Å². The molecule has 0 fully saturated rings. The summed E-state index contributed by atoms with van der Waals surface area (Å²) in [4.78, 5) is 0. The summed E-state index contributed by atoms with van der Waals surface area (Å²) in [6.45, 7) is 6.29. The number of nitrogens with zero attached hydrogens (tertiary/aromatic N) is 2. The van der Waals surface area contributed by atoms with Gasteiger partial charge in [0.2, 0.25) is 0 Å². The van der Waals surface area contributed by atoms with Crippen molar-refractivity contribution in [3.8, 4) is 0 Å². The van der Waals surface area contributed by atoms with Gasteiger partial charge in [0.05, 0.1) is 10.7 Å². The molecule has 0 amide bonds. The third kappa shape index (κ3) is 5.11. The van der Waals surface area contributed by atoms with Crippen molar-refractivity contribution in [2.45, 2.75) is 39.9 Å². The zero-order valence-electron chi connectivity index (χ0n) is 14.7. The highest BCUT2D eigenvalue weighted by atomic mass is 35.5. The largest absolute Gasteiger partial charge is 0.436 e. The lowest BCUT2D eigenvalue weighted by Gasteiger charge is -2.13. The quantitative estimate of drug-likeness (QED) is 0.551. The Kier molecular flexibility index (Phi) is 6.52. The van der Waals surface area contributed by atoms with Crippen molar-refractivity contribution in [1.82, 2.24) is 15.1 Å². The van der Waals surface area contributed by atoms with Gasteiger partial charge in [-0.25, -0.2) is 0 Å². The first-order valence-corrected chi connectivity index (χ1v) is 8.80. The van der Waals surface area contributed by atoms with E-state index in [1.165, 1.54) is 11.6 Å². The van der Waals surface area contributed by atoms with Gasteiger partial charge >= 0.3 is 6.18 Å². The second-order valence-corrected chi connectivity index (χ2v) is 6.81. The number of anilines is 1. The second-order valence-electron chi connectivity index (χ2n) is 6.02. The van der Waals surface area contributed by atoms with Crippen molar-refractivity contribution in [3.63, 3.8) is 0 Å². The molecule has 1 aromatic carbocycles. The third-order valence-electron chi connectivity index (χ3n) is 3.88. The maximum absolute atomic E-state index is 12.8. The summed E-state index contributed by atoms with van der Waals surface area (Å²) in [5, 5.41) is 9.85. The lowest BCUT2D eigenvalue weighted by Crippen LogP contribution is -2.30. The average molecular weight is 405 g/mol. The van der Waals surface area contributed by atoms with E-state index in [0.717, 1.165) is 16.8 Å². The molecule has 2 N–H and O–H groups in total. The highest BCUT2D eigenvalue weighted by Crippen LogP contribution is 2.35. The minimum Gasteiger partial charge on any atom is -0.362 e. The van der Waals surface area contributed by atoms with E-state index in [1.807, 2.05) is 32.0 Å². The molecule has 0 atom stereocenters. The molecule has 1 heterocycles. The van der Waals surface area contributed by atoms with E-state index in [4.69, 9.17) is 23.8 Å². The van der Waals surface area contributed by atoms with Gasteiger partial charge < -0.3 is 10.6 Å². The van der Waals surface area contributed by atoms with Crippen molar-refractivity contribution in [2.75, 3.05) is 11.9 Å². The van der Waals surface area contributed by atoms with Gasteiger partial charge in [-0.05, 0) is 56.6 Å². The van der Waals surface area contributed by atoms with Crippen molar-refractivity contribution in [3.05, 3.63) is 45.7 Å². The van der Waals surface area contributed by atoms with E-state index >= 15 is 0 Å². The van der Waals surface area contributed by atoms with Crippen LogP contribution in [-0.2, 0) is 12.7 Å². The van der Waals surface area contributed by atoms with Crippen LogP contribution in [0.25, 0.3) is 0 Å². The smallest absolute Gasteiger partial charge is 0.362 e. The van der Waals surface area contributed by atoms with Crippen molar-refractivity contribution in [1.29, 1.82) is 0 Å². The van der Waals surface area contributed by atoms with Gasteiger partial charge in [0.15, 0.2) is 10.8 Å². The third-order valence-corrected chi connectivity index (χ3v) is 4.57. The van der Waals surface area contributed by atoms with Crippen LogP contribution < -0.4 is 10.6 Å². The van der Waals surface area contributed by atoms with Crippen LogP contribution in [0.4, 0.5) is 18.9 Å². The Bertz CT molecular complexity index is 802. The molecule has 0 saturated heterocycles. The molecule has 0 spiro atoms. The first kappa shape index (κ1) is 20.5. The predicted molar refractivity (Wildman–Crippen MR) is 102 cm³/mol. The summed E-state index contributed by atoms with van der Waals surface area (Å²) >= 11 is 11.0. The minimum atomic E-state index is -4.55. The number of hydrogen-bond donors (Lipinski definition) is 2. The lowest BCUT2D eigenvalue weighted by molar-refractivity contribution is -0.141. The zero-order chi connectivity index (χ0) is 19.5. The van der Waals surface area contributed by atoms with Gasteiger partial charge in [-0.15, -0.1) is 0 Å². The monoisotopic (exact) mass is 404 g/mol. The Morgan fingerprint density at radius 2 is 1.96 bits per heavy atom. The molecule has 0 aliphatic heterocycles. The summed E-state index contributed by atoms with van der Waals surface area (Å²) in [5.41, 5.74) is 2.37. The van der Waals surface area contributed by atoms with Crippen LogP contribution in [0, 0.1) is 20.8 Å². The summed E-state index contributed by atoms with van der Waals surface area (Å²) in [7, 11) is 0. The summed E-state index contributed by atoms with van der Waals surface area (Å²) < 4.78 is 39.7. The number of aromatic nitrogens is 2. The maximum Gasteiger partial charge on any atom is 0.436 e. The molecule has 9 heteroatoms. The molecule has 142 valence electrons. The molecule has 1 aromatic heterocycles. The Labute approximate surface area is 160 Å². The van der Waals surface area contributed by atoms with Crippen LogP contribution in [0.15, 0.2) is 18.2 Å². The Morgan fingerprint density at radius 1 is 1.27 bits per heavy atom. The number of halogens is 4. The van der Waals surface area contributed by atoms with Crippen molar-refractivity contribution >= 4 is 34.6 Å². The highest BCUT2D eigenvalue weighted by molar-refractivity contribution is 7.80. The summed E-state index contributed by atoms with van der Waals surface area (Å²) in [6.07, 6.45) is -4.01. The van der Waals surface area contributed by atoms with E-state index in [2.05, 4.69) is 15.7 Å². The van der Waals surface area contributed by atoms with Gasteiger partial charge in [-0.1, -0.05) is 23.7 Å². The molecule has 0 bridgehead atoms. The molecule has 0 saturated carbocycles. The fourth-order valence-corrected chi connectivity index (χ4v) is 2.85. The van der Waals surface area contributed by atoms with Gasteiger partial charge in [0.1, 0.15) is 0 Å². The van der Waals surface area contributed by atoms with Gasteiger partial charge in [0, 0.05) is 18.8 Å². The van der Waals surface area contributed by atoms with Gasteiger partial charge in [-0.3, -0.25) is 4.68 Å². The molecular formula is C17H20ClF3N4S. The van der Waals surface area contributed by atoms with E-state index in [0.29, 0.717) is 30.3 Å². The van der Waals surface area contributed by atoms with Crippen LogP contribution >= 0.6 is 23.8 Å². The molecule has 0 radical (unpaired) electrons. The molecule has 26 heavy (non-hydrogen) atoms. The molecule has 0 aliphatic carbocycles. The number of rotatable bonds is 5. The number of benzene rings is 1. The van der Waals surface area contributed by atoms with Crippen LogP contribution in [0.1, 0.15) is 28.9 Å². The predicted octanol–water partition coefficient (Wildman–Crippen LogP) is 4.86. The Hall–Kier alpha value is -1.80. The lowest BCUT2D eigenvalue weighted by atomic mass is 10.1. The number of hydrogen-bond acceptors (Lipinski definition) is 2. The van der Waals surface area contributed by atoms with E-state index < -0.39 is 11.9 Å². The van der Waals surface area contributed by atoms with E-state index in [-0.39, 0.29) is 5.02 Å². The normalized spacial score (nSPS) is 11.5. The minimum absolute atomic E-state index is 0.301. The zero-order valence-corrected chi connectivity index (χ0v) is 16.2. The van der Waals surface area contributed by atoms with Crippen molar-refractivity contribution < 1.29 is 13.2 Å². The van der Waals surface area contributed by atoms with Crippen LogP contribution in [0.3, 0.4) is 0 Å². The number of alkyl halides is 3. The molecule has 2 aromatic rings. The maximum atomic E-state index is 12.8. The van der Waals surface area contributed by atoms with Gasteiger partial charge in [-0.2, -0.15) is 18.3 Å². The topological polar surface area (TPSA) is 41.9 Å². The SMILES string of the molecule is Cc1ccc(C)c(NC(=S)NCCCn2nc(C(F)(F)F)c(Cl)c2C)c1. The standard InChI is InChI=1S/C17H20ClF3N4S/c1-10-5-6-11(2)13(9-10)23-16(26)22-7-4-8-25-12(3)14(18)15(24-25)17(19,20)21/h5-6,9H,4,7-8H2,1-3H3,(H2,22,23,26). The molecule has 0 aliphatic rings. The Morgan fingerprint density at radius 3 is 2.58 bits per heavy atom. The van der Waals surface area contributed by atoms with Gasteiger partial charge in [0.25, 0.3) is 0 Å².